The van der Waals surface area contributed by atoms with E-state index in [1.807, 2.05) is 50.4 Å². The van der Waals surface area contributed by atoms with E-state index in [-0.39, 0.29) is 12.5 Å². The molecule has 4 aromatic rings. The molecule has 1 amide bonds. The summed E-state index contributed by atoms with van der Waals surface area (Å²) in [5.74, 6) is 1.70. The van der Waals surface area contributed by atoms with Crippen molar-refractivity contribution < 1.29 is 4.79 Å². The van der Waals surface area contributed by atoms with Crippen LogP contribution in [0.3, 0.4) is 0 Å². The number of hydrogen-bond donors (Lipinski definition) is 1. The first-order valence-corrected chi connectivity index (χ1v) is 11.0. The number of aryl methyl sites for hydroxylation is 2. The van der Waals surface area contributed by atoms with Gasteiger partial charge in [-0.05, 0) is 49.2 Å². The van der Waals surface area contributed by atoms with Crippen LogP contribution in [0, 0.1) is 13.8 Å². The number of benzene rings is 1. The van der Waals surface area contributed by atoms with Crippen molar-refractivity contribution in [2.45, 2.75) is 20.4 Å². The van der Waals surface area contributed by atoms with Crippen LogP contribution in [0.2, 0.25) is 0 Å². The molecule has 0 saturated carbocycles. The Bertz CT molecular complexity index is 1260. The van der Waals surface area contributed by atoms with Gasteiger partial charge in [0.05, 0.1) is 11.6 Å². The largest absolute Gasteiger partial charge is 0.353 e. The first-order chi connectivity index (χ1) is 16.1. The van der Waals surface area contributed by atoms with Crippen molar-refractivity contribution >= 4 is 34.3 Å². The van der Waals surface area contributed by atoms with Crippen LogP contribution in [0.5, 0.6) is 0 Å². The Morgan fingerprint density at radius 2 is 1.73 bits per heavy atom. The molecule has 9 nitrogen and oxygen atoms in total. The quantitative estimate of drug-likeness (QED) is 0.508. The second kappa shape index (κ2) is 8.85. The van der Waals surface area contributed by atoms with Crippen LogP contribution in [-0.2, 0) is 11.3 Å². The highest BCUT2D eigenvalue weighted by molar-refractivity contribution is 5.92. The van der Waals surface area contributed by atoms with Crippen LogP contribution in [0.15, 0.2) is 55.1 Å². The number of rotatable bonds is 5. The molecule has 0 spiro atoms. The third kappa shape index (κ3) is 4.48. The minimum atomic E-state index is -0.144. The Labute approximate surface area is 192 Å². The van der Waals surface area contributed by atoms with Crippen molar-refractivity contribution in [1.29, 1.82) is 0 Å². The molecule has 5 rings (SSSR count). The van der Waals surface area contributed by atoms with E-state index in [4.69, 9.17) is 0 Å². The van der Waals surface area contributed by atoms with Crippen LogP contribution in [-0.4, -0.2) is 56.8 Å². The fourth-order valence-electron chi connectivity index (χ4n) is 4.32. The fraction of sp³-hybridized carbons (Fsp3) is 0.292. The Balaban J connectivity index is 1.30. The normalized spacial score (nSPS) is 14.0. The van der Waals surface area contributed by atoms with Gasteiger partial charge in [-0.15, -0.1) is 0 Å². The van der Waals surface area contributed by atoms with Crippen molar-refractivity contribution in [3.8, 4) is 0 Å². The van der Waals surface area contributed by atoms with Gasteiger partial charge in [-0.3, -0.25) is 4.79 Å². The highest BCUT2D eigenvalue weighted by Crippen LogP contribution is 2.25. The van der Waals surface area contributed by atoms with Crippen LogP contribution in [0.25, 0.3) is 11.0 Å². The zero-order valence-electron chi connectivity index (χ0n) is 18.8. The molecule has 33 heavy (non-hydrogen) atoms. The number of nitrogens with zero attached hydrogens (tertiary/aromatic N) is 7. The molecule has 1 aliphatic rings. The van der Waals surface area contributed by atoms with Gasteiger partial charge in [-0.2, -0.15) is 5.10 Å². The second-order valence-corrected chi connectivity index (χ2v) is 8.32. The molecule has 0 unspecified atom stereocenters. The first-order valence-electron chi connectivity index (χ1n) is 11.0. The molecule has 3 aromatic heterocycles. The molecule has 1 saturated heterocycles. The minimum absolute atomic E-state index is 0.0837. The average Bonchev–Trinajstić information content (AvgIpc) is 3.22. The monoisotopic (exact) mass is 442 g/mol. The molecule has 1 aliphatic heterocycles. The van der Waals surface area contributed by atoms with Crippen LogP contribution >= 0.6 is 0 Å². The zero-order chi connectivity index (χ0) is 22.8. The summed E-state index contributed by atoms with van der Waals surface area (Å²) in [6, 6.07) is 12.0. The maximum atomic E-state index is 12.7. The summed E-state index contributed by atoms with van der Waals surface area (Å²) in [7, 11) is 0. The number of hydrogen-bond acceptors (Lipinski definition) is 7. The summed E-state index contributed by atoms with van der Waals surface area (Å²) in [5, 5.41) is 8.25. The first kappa shape index (κ1) is 20.9. The van der Waals surface area contributed by atoms with Gasteiger partial charge in [0.25, 0.3) is 0 Å². The number of nitrogens with one attached hydrogen (secondary N) is 1. The Morgan fingerprint density at radius 3 is 2.45 bits per heavy atom. The lowest BCUT2D eigenvalue weighted by molar-refractivity contribution is -0.116. The minimum Gasteiger partial charge on any atom is -0.353 e. The van der Waals surface area contributed by atoms with Gasteiger partial charge < -0.3 is 15.1 Å². The second-order valence-electron chi connectivity index (χ2n) is 8.32. The number of amides is 1. The number of aromatic nitrogens is 5. The third-order valence-electron chi connectivity index (χ3n) is 5.76. The molecule has 1 N–H and O–H groups in total. The highest BCUT2D eigenvalue weighted by atomic mass is 16.2. The van der Waals surface area contributed by atoms with E-state index in [1.165, 1.54) is 0 Å². The van der Waals surface area contributed by atoms with E-state index in [0.29, 0.717) is 5.65 Å². The number of carbonyl (C=O) groups is 1. The van der Waals surface area contributed by atoms with Crippen molar-refractivity contribution in [2.75, 3.05) is 41.3 Å². The van der Waals surface area contributed by atoms with Gasteiger partial charge in [0.2, 0.25) is 5.91 Å². The van der Waals surface area contributed by atoms with Gasteiger partial charge in [-0.1, -0.05) is 12.1 Å². The SMILES string of the molecule is Cc1cc(C)cc(NC(=O)Cn2ncc3c(N4CCN(c5ccccn5)CC4)ncnc32)c1. The van der Waals surface area contributed by atoms with Crippen molar-refractivity contribution in [3.63, 3.8) is 0 Å². The summed E-state index contributed by atoms with van der Waals surface area (Å²) in [6.45, 7) is 7.46. The molecule has 0 aliphatic carbocycles. The van der Waals surface area contributed by atoms with E-state index in [2.05, 4.69) is 41.2 Å². The smallest absolute Gasteiger partial charge is 0.246 e. The number of piperazine rings is 1. The third-order valence-corrected chi connectivity index (χ3v) is 5.76. The Kier molecular flexibility index (Phi) is 5.60. The molecule has 4 heterocycles. The summed E-state index contributed by atoms with van der Waals surface area (Å²) in [6.07, 6.45) is 5.11. The van der Waals surface area contributed by atoms with E-state index in [1.54, 1.807) is 17.2 Å². The number of anilines is 3. The molecule has 1 aromatic carbocycles. The predicted octanol–water partition coefficient (Wildman–Crippen LogP) is 2.80. The summed E-state index contributed by atoms with van der Waals surface area (Å²) in [4.78, 5) is 30.6. The summed E-state index contributed by atoms with van der Waals surface area (Å²) in [5.41, 5.74) is 3.66. The van der Waals surface area contributed by atoms with Crippen LogP contribution < -0.4 is 15.1 Å². The topological polar surface area (TPSA) is 92.1 Å². The molecule has 0 bridgehead atoms. The average molecular weight is 443 g/mol. The number of fused-ring (bicyclic) bond motifs is 1. The fourth-order valence-corrected chi connectivity index (χ4v) is 4.32. The molecule has 9 heteroatoms. The Hall–Kier alpha value is -4.01. The zero-order valence-corrected chi connectivity index (χ0v) is 18.8. The summed E-state index contributed by atoms with van der Waals surface area (Å²) < 4.78 is 1.63. The van der Waals surface area contributed by atoms with Crippen molar-refractivity contribution in [2.24, 2.45) is 0 Å². The van der Waals surface area contributed by atoms with Crippen molar-refractivity contribution in [3.05, 3.63) is 66.2 Å². The van der Waals surface area contributed by atoms with Crippen molar-refractivity contribution in [1.82, 2.24) is 24.7 Å². The lowest BCUT2D eigenvalue weighted by Gasteiger charge is -2.36. The lowest BCUT2D eigenvalue weighted by Crippen LogP contribution is -2.47. The predicted molar refractivity (Wildman–Crippen MR) is 129 cm³/mol. The summed E-state index contributed by atoms with van der Waals surface area (Å²) >= 11 is 0. The molecule has 0 atom stereocenters. The van der Waals surface area contributed by atoms with Gasteiger partial charge >= 0.3 is 0 Å². The molecule has 168 valence electrons. The standard InChI is InChI=1S/C24H26N8O/c1-17-11-18(2)13-19(12-17)29-22(33)15-32-24-20(14-28-32)23(26-16-27-24)31-9-7-30(8-10-31)21-5-3-4-6-25-21/h3-6,11-14,16H,7-10,15H2,1-2H3,(H,29,33). The van der Waals surface area contributed by atoms with E-state index < -0.39 is 0 Å². The lowest BCUT2D eigenvalue weighted by atomic mass is 10.1. The van der Waals surface area contributed by atoms with Crippen LogP contribution in [0.1, 0.15) is 11.1 Å². The van der Waals surface area contributed by atoms with Gasteiger partial charge in [0, 0.05) is 38.1 Å². The van der Waals surface area contributed by atoms with Gasteiger partial charge in [-0.25, -0.2) is 19.6 Å². The van der Waals surface area contributed by atoms with E-state index >= 15 is 0 Å². The number of carbonyl (C=O) groups excluding carboxylic acids is 1. The van der Waals surface area contributed by atoms with Crippen LogP contribution in [0.4, 0.5) is 17.3 Å². The Morgan fingerprint density at radius 1 is 0.970 bits per heavy atom. The van der Waals surface area contributed by atoms with E-state index in [0.717, 1.165) is 60.0 Å². The molecular formula is C24H26N8O. The number of pyridine rings is 1. The molecular weight excluding hydrogens is 416 g/mol. The van der Waals surface area contributed by atoms with E-state index in [9.17, 15) is 4.79 Å². The van der Waals surface area contributed by atoms with Gasteiger partial charge in [0.1, 0.15) is 24.5 Å². The highest BCUT2D eigenvalue weighted by Gasteiger charge is 2.22. The maximum Gasteiger partial charge on any atom is 0.246 e. The molecule has 1 fully saturated rings. The van der Waals surface area contributed by atoms with Gasteiger partial charge in [0.15, 0.2) is 5.65 Å². The maximum absolute atomic E-state index is 12.7. The molecule has 0 radical (unpaired) electrons.